The van der Waals surface area contributed by atoms with Crippen LogP contribution in [0.15, 0.2) is 24.3 Å². The standard InChI is InChI=1S/C15H20N2O2/c1-4-19-13-7-5-12(6-8-13)9-10-17-14(18)15(2,3)11-16/h5-8H,4,9-10H2,1-3H3,(H,17,18). The second kappa shape index (κ2) is 6.79. The summed E-state index contributed by atoms with van der Waals surface area (Å²) >= 11 is 0. The highest BCUT2D eigenvalue weighted by molar-refractivity contribution is 5.84. The maximum absolute atomic E-state index is 11.7. The molecule has 0 atom stereocenters. The molecule has 0 fully saturated rings. The van der Waals surface area contributed by atoms with Crippen molar-refractivity contribution in [1.82, 2.24) is 5.32 Å². The first-order valence-electron chi connectivity index (χ1n) is 6.41. The quantitative estimate of drug-likeness (QED) is 0.853. The van der Waals surface area contributed by atoms with Crippen molar-refractivity contribution in [3.63, 3.8) is 0 Å². The van der Waals surface area contributed by atoms with Crippen molar-refractivity contribution >= 4 is 5.91 Å². The van der Waals surface area contributed by atoms with Gasteiger partial charge in [-0.15, -0.1) is 0 Å². The molecule has 0 unspecified atom stereocenters. The van der Waals surface area contributed by atoms with Crippen molar-refractivity contribution in [1.29, 1.82) is 5.26 Å². The first kappa shape index (κ1) is 15.0. The topological polar surface area (TPSA) is 62.1 Å². The maximum atomic E-state index is 11.7. The van der Waals surface area contributed by atoms with Gasteiger partial charge < -0.3 is 10.1 Å². The Hall–Kier alpha value is -2.02. The van der Waals surface area contributed by atoms with E-state index in [4.69, 9.17) is 10.00 Å². The van der Waals surface area contributed by atoms with Crippen LogP contribution >= 0.6 is 0 Å². The van der Waals surface area contributed by atoms with E-state index >= 15 is 0 Å². The molecule has 0 spiro atoms. The van der Waals surface area contributed by atoms with E-state index in [9.17, 15) is 4.79 Å². The summed E-state index contributed by atoms with van der Waals surface area (Å²) in [5.41, 5.74) is 0.150. The molecule has 0 aliphatic heterocycles. The monoisotopic (exact) mass is 260 g/mol. The molecule has 1 rings (SSSR count). The Morgan fingerprint density at radius 2 is 2.00 bits per heavy atom. The average Bonchev–Trinajstić information content (AvgIpc) is 2.41. The molecule has 4 nitrogen and oxygen atoms in total. The number of benzene rings is 1. The number of nitrogens with zero attached hydrogens (tertiary/aromatic N) is 1. The zero-order valence-electron chi connectivity index (χ0n) is 11.7. The van der Waals surface area contributed by atoms with Crippen LogP contribution in [-0.4, -0.2) is 19.1 Å². The lowest BCUT2D eigenvalue weighted by Gasteiger charge is -2.14. The van der Waals surface area contributed by atoms with Crippen LogP contribution in [-0.2, 0) is 11.2 Å². The van der Waals surface area contributed by atoms with E-state index in [1.165, 1.54) is 0 Å². The third-order valence-electron chi connectivity index (χ3n) is 2.78. The number of nitriles is 1. The first-order chi connectivity index (χ1) is 8.99. The van der Waals surface area contributed by atoms with Crippen molar-refractivity contribution in [2.75, 3.05) is 13.2 Å². The predicted molar refractivity (Wildman–Crippen MR) is 73.7 cm³/mol. The van der Waals surface area contributed by atoms with Crippen molar-refractivity contribution in [2.45, 2.75) is 27.2 Å². The summed E-state index contributed by atoms with van der Waals surface area (Å²) in [4.78, 5) is 11.7. The molecule has 1 amide bonds. The molecule has 0 saturated heterocycles. The molecule has 0 aromatic heterocycles. The summed E-state index contributed by atoms with van der Waals surface area (Å²) in [6.07, 6.45) is 0.736. The van der Waals surface area contributed by atoms with Crippen LogP contribution < -0.4 is 10.1 Å². The molecule has 0 aliphatic rings. The van der Waals surface area contributed by atoms with Gasteiger partial charge in [0.05, 0.1) is 12.7 Å². The number of ether oxygens (including phenoxy) is 1. The molecule has 0 saturated carbocycles. The maximum Gasteiger partial charge on any atom is 0.239 e. The van der Waals surface area contributed by atoms with Crippen LogP contribution in [0.5, 0.6) is 5.75 Å². The largest absolute Gasteiger partial charge is 0.494 e. The first-order valence-corrected chi connectivity index (χ1v) is 6.41. The summed E-state index contributed by atoms with van der Waals surface area (Å²) in [5.74, 6) is 0.613. The Bertz CT molecular complexity index is 458. The van der Waals surface area contributed by atoms with Gasteiger partial charge in [-0.05, 0) is 44.9 Å². The number of nitrogens with one attached hydrogen (secondary N) is 1. The van der Waals surface area contributed by atoms with Gasteiger partial charge in [-0.25, -0.2) is 0 Å². The molecule has 19 heavy (non-hydrogen) atoms. The Morgan fingerprint density at radius 1 is 1.37 bits per heavy atom. The molecule has 102 valence electrons. The third kappa shape index (κ3) is 4.63. The summed E-state index contributed by atoms with van der Waals surface area (Å²) in [7, 11) is 0. The second-order valence-electron chi connectivity index (χ2n) is 4.82. The smallest absolute Gasteiger partial charge is 0.239 e. The highest BCUT2D eigenvalue weighted by atomic mass is 16.5. The van der Waals surface area contributed by atoms with E-state index in [0.29, 0.717) is 13.2 Å². The molecule has 1 N–H and O–H groups in total. The number of hydrogen-bond acceptors (Lipinski definition) is 3. The number of rotatable bonds is 6. The van der Waals surface area contributed by atoms with Crippen LogP contribution in [0.25, 0.3) is 0 Å². The van der Waals surface area contributed by atoms with E-state index in [0.717, 1.165) is 17.7 Å². The van der Waals surface area contributed by atoms with Gasteiger partial charge in [0, 0.05) is 6.54 Å². The number of carbonyl (C=O) groups is 1. The van der Waals surface area contributed by atoms with Gasteiger partial charge in [-0.1, -0.05) is 12.1 Å². The Balaban J connectivity index is 2.42. The normalized spacial score (nSPS) is 10.6. The van der Waals surface area contributed by atoms with Crippen LogP contribution in [0.4, 0.5) is 0 Å². The predicted octanol–water partition coefficient (Wildman–Crippen LogP) is 2.29. The highest BCUT2D eigenvalue weighted by Crippen LogP contribution is 2.14. The molecule has 0 bridgehead atoms. The molecular weight excluding hydrogens is 240 g/mol. The van der Waals surface area contributed by atoms with E-state index in [1.807, 2.05) is 37.3 Å². The zero-order chi connectivity index (χ0) is 14.3. The molecule has 0 aliphatic carbocycles. The number of hydrogen-bond donors (Lipinski definition) is 1. The van der Waals surface area contributed by atoms with Gasteiger partial charge in [0.1, 0.15) is 11.2 Å². The molecule has 1 aromatic carbocycles. The summed E-state index contributed by atoms with van der Waals surface area (Å²) in [6.45, 7) is 6.34. The van der Waals surface area contributed by atoms with Crippen LogP contribution in [0.1, 0.15) is 26.3 Å². The molecule has 0 heterocycles. The van der Waals surface area contributed by atoms with Gasteiger partial charge in [-0.3, -0.25) is 4.79 Å². The van der Waals surface area contributed by atoms with Crippen molar-refractivity contribution in [3.8, 4) is 11.8 Å². The molecule has 4 heteroatoms. The van der Waals surface area contributed by atoms with E-state index in [1.54, 1.807) is 13.8 Å². The third-order valence-corrected chi connectivity index (χ3v) is 2.78. The lowest BCUT2D eigenvalue weighted by Crippen LogP contribution is -2.36. The van der Waals surface area contributed by atoms with E-state index < -0.39 is 5.41 Å². The van der Waals surface area contributed by atoms with Crippen molar-refractivity contribution in [2.24, 2.45) is 5.41 Å². The number of carbonyl (C=O) groups excluding carboxylic acids is 1. The molecule has 0 radical (unpaired) electrons. The van der Waals surface area contributed by atoms with Crippen LogP contribution in [0.3, 0.4) is 0 Å². The lowest BCUT2D eigenvalue weighted by atomic mass is 9.95. The van der Waals surface area contributed by atoms with Gasteiger partial charge in [0.15, 0.2) is 0 Å². The molecular formula is C15H20N2O2. The highest BCUT2D eigenvalue weighted by Gasteiger charge is 2.26. The summed E-state index contributed by atoms with van der Waals surface area (Å²) in [6, 6.07) is 9.77. The van der Waals surface area contributed by atoms with Crippen molar-refractivity contribution in [3.05, 3.63) is 29.8 Å². The fourth-order valence-corrected chi connectivity index (χ4v) is 1.51. The summed E-state index contributed by atoms with van der Waals surface area (Å²) < 4.78 is 5.36. The SMILES string of the molecule is CCOc1ccc(CCNC(=O)C(C)(C)C#N)cc1. The summed E-state index contributed by atoms with van der Waals surface area (Å²) in [5, 5.41) is 11.6. The van der Waals surface area contributed by atoms with Gasteiger partial charge in [-0.2, -0.15) is 5.26 Å². The van der Waals surface area contributed by atoms with Crippen molar-refractivity contribution < 1.29 is 9.53 Å². The second-order valence-corrected chi connectivity index (χ2v) is 4.82. The molecule has 1 aromatic rings. The number of amides is 1. The van der Waals surface area contributed by atoms with Gasteiger partial charge in [0.2, 0.25) is 5.91 Å². The average molecular weight is 260 g/mol. The van der Waals surface area contributed by atoms with E-state index in [2.05, 4.69) is 5.32 Å². The minimum atomic E-state index is -0.973. The fraction of sp³-hybridized carbons (Fsp3) is 0.467. The Morgan fingerprint density at radius 3 is 2.53 bits per heavy atom. The lowest BCUT2D eigenvalue weighted by molar-refractivity contribution is -0.126. The minimum Gasteiger partial charge on any atom is -0.494 e. The Kier molecular flexibility index (Phi) is 5.37. The Labute approximate surface area is 114 Å². The van der Waals surface area contributed by atoms with Gasteiger partial charge in [0.25, 0.3) is 0 Å². The fourth-order valence-electron chi connectivity index (χ4n) is 1.51. The zero-order valence-corrected chi connectivity index (χ0v) is 11.7. The van der Waals surface area contributed by atoms with Gasteiger partial charge >= 0.3 is 0 Å². The van der Waals surface area contributed by atoms with Crippen LogP contribution in [0, 0.1) is 16.7 Å². The van der Waals surface area contributed by atoms with E-state index in [-0.39, 0.29) is 5.91 Å². The minimum absolute atomic E-state index is 0.235. The van der Waals surface area contributed by atoms with Crippen LogP contribution in [0.2, 0.25) is 0 Å².